The molecule has 0 radical (unpaired) electrons. The van der Waals surface area contributed by atoms with Crippen molar-refractivity contribution in [3.05, 3.63) is 29.6 Å². The van der Waals surface area contributed by atoms with E-state index in [1.807, 2.05) is 0 Å². The van der Waals surface area contributed by atoms with E-state index < -0.39 is 12.4 Å². The van der Waals surface area contributed by atoms with Gasteiger partial charge in [0.2, 0.25) is 0 Å². The Hall–Kier alpha value is -1.19. The van der Waals surface area contributed by atoms with Crippen LogP contribution in [0.15, 0.2) is 23.2 Å². The van der Waals surface area contributed by atoms with Gasteiger partial charge in [-0.15, -0.1) is 24.0 Å². The molecule has 0 amide bonds. The van der Waals surface area contributed by atoms with Crippen LogP contribution in [-0.4, -0.2) is 18.6 Å². The zero-order valence-electron chi connectivity index (χ0n) is 11.9. The largest absolute Gasteiger partial charge is 0.434 e. The van der Waals surface area contributed by atoms with Gasteiger partial charge in [0.15, 0.2) is 5.96 Å². The number of nitrogens with zero attached hydrogens (tertiary/aromatic N) is 1. The highest BCUT2D eigenvalue weighted by atomic mass is 127. The summed E-state index contributed by atoms with van der Waals surface area (Å²) < 4.78 is 42.6. The Bertz CT molecular complexity index is 508. The Kier molecular flexibility index (Phi) is 7.77. The minimum absolute atomic E-state index is 0. The maximum absolute atomic E-state index is 13.7. The van der Waals surface area contributed by atoms with E-state index >= 15 is 0 Å². The van der Waals surface area contributed by atoms with Crippen LogP contribution in [0, 0.1) is 5.82 Å². The number of rotatable bonds is 5. The van der Waals surface area contributed by atoms with E-state index in [2.05, 4.69) is 15.0 Å². The van der Waals surface area contributed by atoms with Gasteiger partial charge in [0, 0.05) is 6.04 Å². The van der Waals surface area contributed by atoms with E-state index in [0.29, 0.717) is 0 Å². The lowest BCUT2D eigenvalue weighted by atomic mass is 10.2. The van der Waals surface area contributed by atoms with E-state index in [9.17, 15) is 13.2 Å². The molecule has 0 bridgehead atoms. The standard InChI is InChI=1S/C14H18F3N3O.HI/c15-11-6-3-7-12(21-13(16)17)10(11)8-19-14(18)20-9-4-1-2-5-9;/h3,6-7,9,13H,1-2,4-5,8H2,(H3,18,19,20);1H. The molecule has 1 aliphatic rings. The van der Waals surface area contributed by atoms with Crippen LogP contribution >= 0.6 is 24.0 Å². The Morgan fingerprint density at radius 1 is 1.36 bits per heavy atom. The molecule has 0 atom stereocenters. The smallest absolute Gasteiger partial charge is 0.387 e. The van der Waals surface area contributed by atoms with Gasteiger partial charge < -0.3 is 15.8 Å². The van der Waals surface area contributed by atoms with Crippen molar-refractivity contribution in [2.45, 2.75) is 44.9 Å². The molecule has 4 nitrogen and oxygen atoms in total. The number of ether oxygens (including phenoxy) is 1. The third kappa shape index (κ3) is 5.54. The number of aliphatic imine (C=N–C) groups is 1. The molecule has 0 aliphatic heterocycles. The number of alkyl halides is 2. The Morgan fingerprint density at radius 3 is 2.68 bits per heavy atom. The second-order valence-corrected chi connectivity index (χ2v) is 4.92. The van der Waals surface area contributed by atoms with Crippen molar-refractivity contribution in [1.82, 2.24) is 5.32 Å². The number of hydrogen-bond donors (Lipinski definition) is 2. The van der Waals surface area contributed by atoms with Gasteiger partial charge in [-0.05, 0) is 25.0 Å². The van der Waals surface area contributed by atoms with Gasteiger partial charge in [0.05, 0.1) is 12.1 Å². The molecule has 1 aliphatic carbocycles. The van der Waals surface area contributed by atoms with Gasteiger partial charge in [0.1, 0.15) is 11.6 Å². The Labute approximate surface area is 144 Å². The van der Waals surface area contributed by atoms with E-state index in [1.54, 1.807) is 0 Å². The summed E-state index contributed by atoms with van der Waals surface area (Å²) in [6.07, 6.45) is 4.33. The molecule has 0 spiro atoms. The zero-order valence-corrected chi connectivity index (χ0v) is 14.2. The predicted octanol–water partition coefficient (Wildman–Crippen LogP) is 3.39. The van der Waals surface area contributed by atoms with Gasteiger partial charge in [-0.25, -0.2) is 9.38 Å². The van der Waals surface area contributed by atoms with Crippen LogP contribution in [0.2, 0.25) is 0 Å². The fourth-order valence-electron chi connectivity index (χ4n) is 2.39. The van der Waals surface area contributed by atoms with E-state index in [1.165, 1.54) is 18.2 Å². The summed E-state index contributed by atoms with van der Waals surface area (Å²) in [5, 5.41) is 3.05. The molecule has 2 rings (SSSR count). The number of guanidine groups is 1. The van der Waals surface area contributed by atoms with Crippen LogP contribution in [0.4, 0.5) is 13.2 Å². The van der Waals surface area contributed by atoms with Crippen molar-refractivity contribution >= 4 is 29.9 Å². The summed E-state index contributed by atoms with van der Waals surface area (Å²) in [4.78, 5) is 4.01. The minimum atomic E-state index is -3.01. The van der Waals surface area contributed by atoms with Crippen LogP contribution in [0.3, 0.4) is 0 Å². The van der Waals surface area contributed by atoms with Crippen molar-refractivity contribution in [1.29, 1.82) is 0 Å². The van der Waals surface area contributed by atoms with Crippen LogP contribution < -0.4 is 15.8 Å². The predicted molar refractivity (Wildman–Crippen MR) is 89.2 cm³/mol. The van der Waals surface area contributed by atoms with Crippen molar-refractivity contribution in [3.8, 4) is 5.75 Å². The SMILES string of the molecule is I.NC(=NCc1c(F)cccc1OC(F)F)NC1CCCC1. The molecule has 22 heavy (non-hydrogen) atoms. The molecule has 0 unspecified atom stereocenters. The molecule has 8 heteroatoms. The van der Waals surface area contributed by atoms with Crippen LogP contribution in [-0.2, 0) is 6.54 Å². The monoisotopic (exact) mass is 429 g/mol. The van der Waals surface area contributed by atoms with E-state index in [0.717, 1.165) is 25.7 Å². The summed E-state index contributed by atoms with van der Waals surface area (Å²) in [5.41, 5.74) is 5.70. The number of nitrogens with one attached hydrogen (secondary N) is 1. The zero-order chi connectivity index (χ0) is 15.2. The highest BCUT2D eigenvalue weighted by molar-refractivity contribution is 14.0. The minimum Gasteiger partial charge on any atom is -0.434 e. The van der Waals surface area contributed by atoms with Crippen LogP contribution in [0.5, 0.6) is 5.75 Å². The molecule has 1 aromatic carbocycles. The van der Waals surface area contributed by atoms with E-state index in [-0.39, 0.29) is 53.8 Å². The van der Waals surface area contributed by atoms with Gasteiger partial charge in [-0.1, -0.05) is 18.9 Å². The third-order valence-corrected chi connectivity index (χ3v) is 3.41. The molecular formula is C14H19F3IN3O. The summed E-state index contributed by atoms with van der Waals surface area (Å²) in [5.74, 6) is -0.680. The molecule has 124 valence electrons. The highest BCUT2D eigenvalue weighted by Crippen LogP contribution is 2.24. The third-order valence-electron chi connectivity index (χ3n) is 3.41. The number of nitrogens with two attached hydrogens (primary N) is 1. The topological polar surface area (TPSA) is 59.6 Å². The lowest BCUT2D eigenvalue weighted by Gasteiger charge is -2.13. The first-order valence-electron chi connectivity index (χ1n) is 6.85. The second kappa shape index (κ2) is 9.06. The summed E-state index contributed by atoms with van der Waals surface area (Å²) in [6.45, 7) is -3.16. The van der Waals surface area contributed by atoms with Crippen molar-refractivity contribution in [2.75, 3.05) is 0 Å². The first kappa shape index (κ1) is 18.9. The highest BCUT2D eigenvalue weighted by Gasteiger charge is 2.16. The maximum atomic E-state index is 13.7. The van der Waals surface area contributed by atoms with Crippen LogP contribution in [0.1, 0.15) is 31.2 Å². The molecule has 1 saturated carbocycles. The average Bonchev–Trinajstić information content (AvgIpc) is 2.90. The normalized spacial score (nSPS) is 15.7. The number of halogens is 4. The summed E-state index contributed by atoms with van der Waals surface area (Å²) >= 11 is 0. The average molecular weight is 429 g/mol. The number of benzene rings is 1. The van der Waals surface area contributed by atoms with Gasteiger partial charge in [-0.2, -0.15) is 8.78 Å². The first-order chi connectivity index (χ1) is 10.1. The second-order valence-electron chi connectivity index (χ2n) is 4.92. The van der Waals surface area contributed by atoms with Gasteiger partial charge in [-0.3, -0.25) is 0 Å². The lowest BCUT2D eigenvalue weighted by molar-refractivity contribution is -0.0506. The van der Waals surface area contributed by atoms with E-state index in [4.69, 9.17) is 5.73 Å². The maximum Gasteiger partial charge on any atom is 0.387 e. The Balaban J connectivity index is 0.00000242. The first-order valence-corrected chi connectivity index (χ1v) is 6.85. The van der Waals surface area contributed by atoms with Gasteiger partial charge >= 0.3 is 6.61 Å². The Morgan fingerprint density at radius 2 is 2.05 bits per heavy atom. The van der Waals surface area contributed by atoms with Crippen molar-refractivity contribution in [2.24, 2.45) is 10.7 Å². The quantitative estimate of drug-likeness (QED) is 0.429. The molecule has 0 saturated heterocycles. The molecule has 3 N–H and O–H groups in total. The molecule has 0 heterocycles. The van der Waals surface area contributed by atoms with Crippen molar-refractivity contribution in [3.63, 3.8) is 0 Å². The fraction of sp³-hybridized carbons (Fsp3) is 0.500. The molecule has 0 aromatic heterocycles. The fourth-order valence-corrected chi connectivity index (χ4v) is 2.39. The molecular weight excluding hydrogens is 410 g/mol. The summed E-state index contributed by atoms with van der Waals surface area (Å²) in [7, 11) is 0. The number of hydrogen-bond acceptors (Lipinski definition) is 2. The van der Waals surface area contributed by atoms with Gasteiger partial charge in [0.25, 0.3) is 0 Å². The summed E-state index contributed by atoms with van der Waals surface area (Å²) in [6, 6.07) is 4.04. The lowest BCUT2D eigenvalue weighted by Crippen LogP contribution is -2.38. The molecule has 1 aromatic rings. The van der Waals surface area contributed by atoms with Crippen molar-refractivity contribution < 1.29 is 17.9 Å². The van der Waals surface area contributed by atoms with Crippen LogP contribution in [0.25, 0.3) is 0 Å². The molecule has 1 fully saturated rings.